The molecule has 0 saturated carbocycles. The molecule has 0 aromatic heterocycles. The number of aryl methyl sites for hydroxylation is 1. The van der Waals surface area contributed by atoms with Crippen molar-refractivity contribution in [3.8, 4) is 11.5 Å². The van der Waals surface area contributed by atoms with Gasteiger partial charge in [0.15, 0.2) is 0 Å². The van der Waals surface area contributed by atoms with Gasteiger partial charge in [-0.05, 0) is 81.3 Å². The smallest absolute Gasteiger partial charge is 0.310 e. The van der Waals surface area contributed by atoms with Crippen molar-refractivity contribution < 1.29 is 23.9 Å². The molecule has 2 N–H and O–H groups in total. The van der Waals surface area contributed by atoms with Crippen LogP contribution < -0.4 is 15.4 Å². The van der Waals surface area contributed by atoms with Crippen LogP contribution >= 0.6 is 0 Å². The van der Waals surface area contributed by atoms with Crippen LogP contribution in [0.25, 0.3) is 0 Å². The maximum Gasteiger partial charge on any atom is 0.310 e. The van der Waals surface area contributed by atoms with Crippen molar-refractivity contribution in [2.24, 2.45) is 17.8 Å². The summed E-state index contributed by atoms with van der Waals surface area (Å²) in [6, 6.07) is 14.6. The van der Waals surface area contributed by atoms with Crippen LogP contribution in [-0.4, -0.2) is 36.5 Å². The fraction of sp³-hybridized carbons (Fsp3) is 0.500. The normalized spacial score (nSPS) is 20.9. The molecular weight excluding hydrogens is 468 g/mol. The van der Waals surface area contributed by atoms with Gasteiger partial charge in [-0.25, -0.2) is 0 Å². The highest BCUT2D eigenvalue weighted by molar-refractivity contribution is 5.91. The first-order chi connectivity index (χ1) is 17.5. The van der Waals surface area contributed by atoms with Crippen LogP contribution in [-0.2, 0) is 32.0 Å². The highest BCUT2D eigenvalue weighted by Crippen LogP contribution is 2.30. The zero-order valence-corrected chi connectivity index (χ0v) is 22.8. The fourth-order valence-corrected chi connectivity index (χ4v) is 4.74. The number of rotatable bonds is 3. The predicted molar refractivity (Wildman–Crippen MR) is 143 cm³/mol. The molecule has 5 rings (SSSR count). The molecule has 7 heteroatoms. The molecule has 0 aliphatic carbocycles. The second kappa shape index (κ2) is 12.3. The zero-order chi connectivity index (χ0) is 27.2. The lowest BCUT2D eigenvalue weighted by atomic mass is 9.79. The molecule has 0 unspecified atom stereocenters. The van der Waals surface area contributed by atoms with Crippen LogP contribution in [0, 0.1) is 17.8 Å². The number of esters is 1. The molecule has 7 nitrogen and oxygen atoms in total. The number of hydrogen-bond donors (Lipinski definition) is 2. The second-order valence-electron chi connectivity index (χ2n) is 11.1. The standard InChI is InChI=1S/C30H40N2O5/c1-19(2)26-24(29(35)37-30(3,4)5)9-7-8-20-10-14-22(15-11-20)36-23-16-12-21(13-17-23)18-25(27(33)31-6)32-28(26)34/h10-17,19,24-26H,7-9,18H2,1-6H3,(H,31,33)(H,32,34)/t24-,25-,26+/m0/s1. The Labute approximate surface area is 220 Å². The summed E-state index contributed by atoms with van der Waals surface area (Å²) in [6.45, 7) is 9.34. The molecule has 3 aliphatic heterocycles. The van der Waals surface area contributed by atoms with Crippen LogP contribution in [0.15, 0.2) is 48.5 Å². The fourth-order valence-electron chi connectivity index (χ4n) is 4.74. The molecule has 4 bridgehead atoms. The van der Waals surface area contributed by atoms with E-state index in [1.807, 2.05) is 83.1 Å². The third-order valence-electron chi connectivity index (χ3n) is 6.55. The number of likely N-dealkylation sites (N-methyl/N-ethyl adjacent to an activating group) is 1. The summed E-state index contributed by atoms with van der Waals surface area (Å²) in [7, 11) is 1.55. The number of carbonyl (C=O) groups is 3. The van der Waals surface area contributed by atoms with Crippen LogP contribution in [0.4, 0.5) is 0 Å². The largest absolute Gasteiger partial charge is 0.460 e. The summed E-state index contributed by atoms with van der Waals surface area (Å²) in [5, 5.41) is 5.59. The van der Waals surface area contributed by atoms with E-state index in [0.29, 0.717) is 25.0 Å². The van der Waals surface area contributed by atoms with E-state index in [0.717, 1.165) is 23.3 Å². The van der Waals surface area contributed by atoms with Gasteiger partial charge >= 0.3 is 5.97 Å². The van der Waals surface area contributed by atoms with Crippen molar-refractivity contribution in [2.45, 2.75) is 71.9 Å². The van der Waals surface area contributed by atoms with Crippen molar-refractivity contribution in [3.05, 3.63) is 59.7 Å². The van der Waals surface area contributed by atoms with Crippen molar-refractivity contribution in [1.82, 2.24) is 10.6 Å². The quantitative estimate of drug-likeness (QED) is 0.580. The average Bonchev–Trinajstić information content (AvgIpc) is 2.82. The SMILES string of the molecule is CNC(=O)[C@@H]1Cc2ccc(cc2)Oc2ccc(cc2)CCC[C@H](C(=O)OC(C)(C)C)[C@@H](C(C)C)C(=O)N1. The van der Waals surface area contributed by atoms with Gasteiger partial charge in [-0.3, -0.25) is 14.4 Å². The van der Waals surface area contributed by atoms with E-state index in [1.54, 1.807) is 7.05 Å². The van der Waals surface area contributed by atoms with E-state index < -0.39 is 23.5 Å². The minimum atomic E-state index is -0.782. The molecule has 3 heterocycles. The van der Waals surface area contributed by atoms with Gasteiger partial charge in [-0.2, -0.15) is 0 Å². The number of benzene rings is 2. The van der Waals surface area contributed by atoms with E-state index in [9.17, 15) is 14.4 Å². The predicted octanol–water partition coefficient (Wildman–Crippen LogP) is 4.82. The highest BCUT2D eigenvalue weighted by atomic mass is 16.6. The lowest BCUT2D eigenvalue weighted by Crippen LogP contribution is -2.51. The Morgan fingerprint density at radius 1 is 1.00 bits per heavy atom. The molecule has 3 atom stereocenters. The van der Waals surface area contributed by atoms with Crippen LogP contribution in [0.1, 0.15) is 58.6 Å². The van der Waals surface area contributed by atoms with Crippen LogP contribution in [0.5, 0.6) is 11.5 Å². The molecule has 3 aliphatic rings. The summed E-state index contributed by atoms with van der Waals surface area (Å²) in [4.78, 5) is 39.8. The van der Waals surface area contributed by atoms with Crippen LogP contribution in [0.3, 0.4) is 0 Å². The van der Waals surface area contributed by atoms with Crippen molar-refractivity contribution in [1.29, 1.82) is 0 Å². The molecule has 0 saturated heterocycles. The maximum absolute atomic E-state index is 13.7. The van der Waals surface area contributed by atoms with E-state index in [-0.39, 0.29) is 23.7 Å². The number of fused-ring (bicyclic) bond motifs is 2. The number of amides is 2. The average molecular weight is 509 g/mol. The topological polar surface area (TPSA) is 93.7 Å². The zero-order valence-electron chi connectivity index (χ0n) is 22.8. The number of carbonyl (C=O) groups excluding carboxylic acids is 3. The van der Waals surface area contributed by atoms with Crippen molar-refractivity contribution in [2.75, 3.05) is 7.05 Å². The van der Waals surface area contributed by atoms with Gasteiger partial charge in [0.25, 0.3) is 0 Å². The minimum Gasteiger partial charge on any atom is -0.460 e. The summed E-state index contributed by atoms with van der Waals surface area (Å²) >= 11 is 0. The first-order valence-electron chi connectivity index (χ1n) is 13.1. The molecular formula is C30H40N2O5. The van der Waals surface area contributed by atoms with E-state index in [2.05, 4.69) is 10.6 Å². The Morgan fingerprint density at radius 2 is 1.57 bits per heavy atom. The van der Waals surface area contributed by atoms with E-state index in [1.165, 1.54) is 0 Å². The maximum atomic E-state index is 13.7. The van der Waals surface area contributed by atoms with Gasteiger partial charge in [-0.15, -0.1) is 0 Å². The first kappa shape index (κ1) is 28.2. The Kier molecular flexibility index (Phi) is 9.35. The Morgan fingerprint density at radius 3 is 2.08 bits per heavy atom. The van der Waals surface area contributed by atoms with Crippen LogP contribution in [0.2, 0.25) is 0 Å². The molecule has 0 spiro atoms. The molecule has 0 radical (unpaired) electrons. The van der Waals surface area contributed by atoms with Gasteiger partial charge in [0.2, 0.25) is 11.8 Å². The van der Waals surface area contributed by atoms with E-state index >= 15 is 0 Å². The lowest BCUT2D eigenvalue weighted by molar-refractivity contribution is -0.165. The van der Waals surface area contributed by atoms with E-state index in [4.69, 9.17) is 9.47 Å². The number of ether oxygens (including phenoxy) is 2. The highest BCUT2D eigenvalue weighted by Gasteiger charge is 2.39. The molecule has 2 amide bonds. The summed E-state index contributed by atoms with van der Waals surface area (Å²) in [5.41, 5.74) is 1.33. The monoisotopic (exact) mass is 508 g/mol. The number of hydrogen-bond acceptors (Lipinski definition) is 5. The molecule has 2 aromatic rings. The Balaban J connectivity index is 2.00. The Bertz CT molecular complexity index is 1070. The molecule has 37 heavy (non-hydrogen) atoms. The molecule has 200 valence electrons. The van der Waals surface area contributed by atoms with Gasteiger partial charge in [0, 0.05) is 13.5 Å². The third-order valence-corrected chi connectivity index (χ3v) is 6.55. The first-order valence-corrected chi connectivity index (χ1v) is 13.1. The van der Waals surface area contributed by atoms with Gasteiger partial charge in [0.05, 0.1) is 11.8 Å². The summed E-state index contributed by atoms with van der Waals surface area (Å²) < 4.78 is 11.7. The second-order valence-corrected chi connectivity index (χ2v) is 11.1. The Hall–Kier alpha value is -3.35. The third kappa shape index (κ3) is 8.07. The molecule has 0 fully saturated rings. The van der Waals surface area contributed by atoms with Gasteiger partial charge in [0.1, 0.15) is 23.1 Å². The minimum absolute atomic E-state index is 0.135. The number of nitrogens with one attached hydrogen (secondary N) is 2. The summed E-state index contributed by atoms with van der Waals surface area (Å²) in [5.74, 6) is -0.971. The summed E-state index contributed by atoms with van der Waals surface area (Å²) in [6.07, 6.45) is 2.26. The lowest BCUT2D eigenvalue weighted by Gasteiger charge is -2.32. The van der Waals surface area contributed by atoms with Crippen molar-refractivity contribution in [3.63, 3.8) is 0 Å². The molecule has 2 aromatic carbocycles. The van der Waals surface area contributed by atoms with Gasteiger partial charge < -0.3 is 20.1 Å². The van der Waals surface area contributed by atoms with Gasteiger partial charge in [-0.1, -0.05) is 38.1 Å². The van der Waals surface area contributed by atoms with Crippen molar-refractivity contribution >= 4 is 17.8 Å².